The lowest BCUT2D eigenvalue weighted by Crippen LogP contribution is -2.51. The van der Waals surface area contributed by atoms with Crippen molar-refractivity contribution in [3.63, 3.8) is 0 Å². The summed E-state index contributed by atoms with van der Waals surface area (Å²) in [6.07, 6.45) is 3.39. The topological polar surface area (TPSA) is 53.1 Å². The molecule has 158 valence electrons. The number of carbonyl (C=O) groups is 2. The Labute approximate surface area is 178 Å². The predicted molar refractivity (Wildman–Crippen MR) is 116 cm³/mol. The zero-order valence-electron chi connectivity index (χ0n) is 17.3. The van der Waals surface area contributed by atoms with E-state index < -0.39 is 12.1 Å². The van der Waals surface area contributed by atoms with Crippen LogP contribution in [0.3, 0.4) is 0 Å². The summed E-state index contributed by atoms with van der Waals surface area (Å²) in [6.45, 7) is 3.34. The average Bonchev–Trinajstić information content (AvgIpc) is 3.49. The molecule has 0 radical (unpaired) electrons. The van der Waals surface area contributed by atoms with E-state index in [1.165, 1.54) is 0 Å². The minimum absolute atomic E-state index is 0.0257. The number of nitrogens with zero attached hydrogens (tertiary/aromatic N) is 3. The molecule has 30 heavy (non-hydrogen) atoms. The minimum atomic E-state index is -0.476. The molecule has 2 heterocycles. The van der Waals surface area contributed by atoms with Crippen molar-refractivity contribution >= 4 is 17.7 Å². The van der Waals surface area contributed by atoms with Crippen LogP contribution in [0.15, 0.2) is 60.7 Å². The van der Waals surface area contributed by atoms with E-state index in [-0.39, 0.29) is 12.5 Å². The molecule has 0 aliphatic carbocycles. The summed E-state index contributed by atoms with van der Waals surface area (Å²) in [7, 11) is 0. The Morgan fingerprint density at radius 3 is 2.27 bits per heavy atom. The first-order valence-corrected chi connectivity index (χ1v) is 10.8. The maximum absolute atomic E-state index is 13.6. The molecule has 0 bridgehead atoms. The van der Waals surface area contributed by atoms with Gasteiger partial charge in [-0.2, -0.15) is 0 Å². The minimum Gasteiger partial charge on any atom is -0.445 e. The van der Waals surface area contributed by atoms with Crippen LogP contribution in [0, 0.1) is 0 Å². The summed E-state index contributed by atoms with van der Waals surface area (Å²) in [5.41, 5.74) is 1.81. The van der Waals surface area contributed by atoms with Crippen LogP contribution in [0.4, 0.5) is 10.5 Å². The number of para-hydroxylation sites is 1. The van der Waals surface area contributed by atoms with Crippen molar-refractivity contribution in [3.05, 3.63) is 66.2 Å². The van der Waals surface area contributed by atoms with Gasteiger partial charge in [-0.05, 0) is 56.5 Å². The Balaban J connectivity index is 1.46. The molecular weight excluding hydrogens is 378 g/mol. The predicted octanol–water partition coefficient (Wildman–Crippen LogP) is 3.87. The Hall–Kier alpha value is -2.86. The third-order valence-electron chi connectivity index (χ3n) is 5.85. The second-order valence-electron chi connectivity index (χ2n) is 7.96. The Kier molecular flexibility index (Phi) is 6.64. The summed E-state index contributed by atoms with van der Waals surface area (Å²) >= 11 is 0. The Bertz CT molecular complexity index is 837. The smallest absolute Gasteiger partial charge is 0.410 e. The highest BCUT2D eigenvalue weighted by molar-refractivity contribution is 5.98. The van der Waals surface area contributed by atoms with Gasteiger partial charge >= 0.3 is 6.09 Å². The van der Waals surface area contributed by atoms with Gasteiger partial charge in [0.1, 0.15) is 12.6 Å². The van der Waals surface area contributed by atoms with Crippen molar-refractivity contribution in [2.75, 3.05) is 31.2 Å². The molecule has 0 saturated carbocycles. The van der Waals surface area contributed by atoms with Gasteiger partial charge in [0.15, 0.2) is 0 Å². The van der Waals surface area contributed by atoms with Crippen LogP contribution >= 0.6 is 0 Å². The van der Waals surface area contributed by atoms with E-state index in [0.29, 0.717) is 19.6 Å². The van der Waals surface area contributed by atoms with Gasteiger partial charge in [-0.15, -0.1) is 0 Å². The third-order valence-corrected chi connectivity index (χ3v) is 5.85. The zero-order valence-corrected chi connectivity index (χ0v) is 17.3. The van der Waals surface area contributed by atoms with E-state index in [0.717, 1.165) is 43.6 Å². The van der Waals surface area contributed by atoms with Crippen LogP contribution < -0.4 is 4.90 Å². The number of likely N-dealkylation sites (tertiary alicyclic amines) is 2. The first-order valence-electron chi connectivity index (χ1n) is 10.8. The summed E-state index contributed by atoms with van der Waals surface area (Å²) in [5.74, 6) is -0.0257. The molecular formula is C24H29N3O3. The molecule has 6 nitrogen and oxygen atoms in total. The van der Waals surface area contributed by atoms with Crippen molar-refractivity contribution in [3.8, 4) is 0 Å². The molecule has 2 aromatic carbocycles. The van der Waals surface area contributed by atoms with Crippen molar-refractivity contribution in [2.45, 2.75) is 38.3 Å². The SMILES string of the molecule is O=C(C1CCCN1C(=O)OCc1ccccc1)N(CN1CCCC1)c1ccccc1. The van der Waals surface area contributed by atoms with Crippen molar-refractivity contribution in [1.29, 1.82) is 0 Å². The molecule has 2 saturated heterocycles. The standard InChI is InChI=1S/C24H29N3O3/c28-23(27(19-25-15-7-8-16-25)21-12-5-2-6-13-21)22-14-9-17-26(22)24(29)30-18-20-10-3-1-4-11-20/h1-6,10-13,22H,7-9,14-19H2. The van der Waals surface area contributed by atoms with Crippen LogP contribution in [0.2, 0.25) is 0 Å². The molecule has 6 heteroatoms. The molecule has 1 unspecified atom stereocenters. The maximum atomic E-state index is 13.6. The molecule has 0 aromatic heterocycles. The van der Waals surface area contributed by atoms with Gasteiger partial charge in [-0.3, -0.25) is 19.5 Å². The summed E-state index contributed by atoms with van der Waals surface area (Å²) < 4.78 is 5.52. The Morgan fingerprint density at radius 2 is 1.57 bits per heavy atom. The molecule has 2 fully saturated rings. The van der Waals surface area contributed by atoms with Crippen LogP contribution in [-0.2, 0) is 16.1 Å². The molecule has 4 rings (SSSR count). The van der Waals surface area contributed by atoms with Crippen LogP contribution in [0.1, 0.15) is 31.2 Å². The monoisotopic (exact) mass is 407 g/mol. The number of amides is 2. The van der Waals surface area contributed by atoms with Gasteiger partial charge in [0.2, 0.25) is 0 Å². The van der Waals surface area contributed by atoms with Gasteiger partial charge in [0.05, 0.1) is 6.67 Å². The second kappa shape index (κ2) is 9.76. The molecule has 2 aromatic rings. The highest BCUT2D eigenvalue weighted by Crippen LogP contribution is 2.25. The lowest BCUT2D eigenvalue weighted by atomic mass is 10.1. The fourth-order valence-corrected chi connectivity index (χ4v) is 4.23. The van der Waals surface area contributed by atoms with Crippen LogP contribution in [-0.4, -0.2) is 54.1 Å². The quantitative estimate of drug-likeness (QED) is 0.729. The first kappa shape index (κ1) is 20.4. The van der Waals surface area contributed by atoms with E-state index in [1.54, 1.807) is 4.90 Å². The van der Waals surface area contributed by atoms with E-state index in [2.05, 4.69) is 4.90 Å². The lowest BCUT2D eigenvalue weighted by molar-refractivity contribution is -0.123. The zero-order chi connectivity index (χ0) is 20.8. The van der Waals surface area contributed by atoms with Gasteiger partial charge in [0, 0.05) is 12.2 Å². The molecule has 0 N–H and O–H groups in total. The summed E-state index contributed by atoms with van der Waals surface area (Å²) in [6, 6.07) is 18.9. The number of benzene rings is 2. The van der Waals surface area contributed by atoms with E-state index >= 15 is 0 Å². The van der Waals surface area contributed by atoms with E-state index in [1.807, 2.05) is 65.6 Å². The van der Waals surface area contributed by atoms with Gasteiger partial charge in [-0.25, -0.2) is 4.79 Å². The Morgan fingerprint density at radius 1 is 0.900 bits per heavy atom. The van der Waals surface area contributed by atoms with E-state index in [9.17, 15) is 9.59 Å². The fourth-order valence-electron chi connectivity index (χ4n) is 4.23. The molecule has 2 amide bonds. The highest BCUT2D eigenvalue weighted by atomic mass is 16.6. The number of anilines is 1. The number of rotatable bonds is 6. The van der Waals surface area contributed by atoms with Crippen LogP contribution in [0.5, 0.6) is 0 Å². The van der Waals surface area contributed by atoms with Crippen molar-refractivity contribution in [2.24, 2.45) is 0 Å². The van der Waals surface area contributed by atoms with Crippen molar-refractivity contribution in [1.82, 2.24) is 9.80 Å². The van der Waals surface area contributed by atoms with Crippen LogP contribution in [0.25, 0.3) is 0 Å². The molecule has 0 spiro atoms. The van der Waals surface area contributed by atoms with Gasteiger partial charge < -0.3 is 4.74 Å². The molecule has 2 aliphatic heterocycles. The number of hydrogen-bond acceptors (Lipinski definition) is 4. The number of ether oxygens (including phenoxy) is 1. The normalized spacial score (nSPS) is 19.1. The average molecular weight is 408 g/mol. The van der Waals surface area contributed by atoms with E-state index in [4.69, 9.17) is 4.74 Å². The molecule has 1 atom stereocenters. The van der Waals surface area contributed by atoms with Gasteiger partial charge in [-0.1, -0.05) is 48.5 Å². The summed E-state index contributed by atoms with van der Waals surface area (Å²) in [4.78, 5) is 32.1. The summed E-state index contributed by atoms with van der Waals surface area (Å²) in [5, 5.41) is 0. The lowest BCUT2D eigenvalue weighted by Gasteiger charge is -2.32. The highest BCUT2D eigenvalue weighted by Gasteiger charge is 2.38. The third kappa shape index (κ3) is 4.82. The molecule has 2 aliphatic rings. The maximum Gasteiger partial charge on any atom is 0.410 e. The first-order chi connectivity index (χ1) is 14.7. The second-order valence-corrected chi connectivity index (χ2v) is 7.96. The largest absolute Gasteiger partial charge is 0.445 e. The van der Waals surface area contributed by atoms with Gasteiger partial charge in [0.25, 0.3) is 5.91 Å². The number of hydrogen-bond donors (Lipinski definition) is 0. The van der Waals surface area contributed by atoms with Crippen molar-refractivity contribution < 1.29 is 14.3 Å². The fraction of sp³-hybridized carbons (Fsp3) is 0.417. The number of carbonyl (C=O) groups excluding carboxylic acids is 2.